The van der Waals surface area contributed by atoms with Gasteiger partial charge in [0.1, 0.15) is 0 Å². The number of nitrogens with zero attached hydrogens (tertiary/aromatic N) is 1. The maximum atomic E-state index is 12.6. The van der Waals surface area contributed by atoms with E-state index in [0.29, 0.717) is 0 Å². The molecule has 0 aliphatic heterocycles. The lowest BCUT2D eigenvalue weighted by Crippen LogP contribution is -2.20. The average Bonchev–Trinajstić information content (AvgIpc) is 3.02. The number of H-pyrrole nitrogens is 1. The van der Waals surface area contributed by atoms with Crippen LogP contribution in [0.2, 0.25) is 0 Å². The van der Waals surface area contributed by atoms with Gasteiger partial charge in [0.15, 0.2) is 5.78 Å². The van der Waals surface area contributed by atoms with Gasteiger partial charge in [-0.2, -0.15) is 5.10 Å². The molecule has 3 aromatic rings. The number of aromatic amines is 1. The predicted molar refractivity (Wildman–Crippen MR) is 75.8 cm³/mol. The molecule has 0 unspecified atom stereocenters. The number of hydrogen-bond acceptors (Lipinski definition) is 2. The number of hydrogen-bond donors (Lipinski definition) is 1. The molecule has 0 amide bonds. The second kappa shape index (κ2) is 4.17. The van der Waals surface area contributed by atoms with Crippen LogP contribution in [0.1, 0.15) is 38.7 Å². The van der Waals surface area contributed by atoms with Gasteiger partial charge in [-0.05, 0) is 17.2 Å². The fourth-order valence-corrected chi connectivity index (χ4v) is 2.99. The molecular weight excluding hydrogens is 248 g/mol. The summed E-state index contributed by atoms with van der Waals surface area (Å²) in [4.78, 5) is 12.6. The minimum absolute atomic E-state index is 0.0441. The number of fused-ring (bicyclic) bond motifs is 2. The van der Waals surface area contributed by atoms with Gasteiger partial charge in [-0.1, -0.05) is 48.5 Å². The first-order valence-electron chi connectivity index (χ1n) is 6.58. The Morgan fingerprint density at radius 3 is 2.00 bits per heavy atom. The van der Waals surface area contributed by atoms with Crippen LogP contribution in [0, 0.1) is 0 Å². The number of aromatic nitrogens is 2. The summed E-state index contributed by atoms with van der Waals surface area (Å²) in [6.45, 7) is 0. The number of carbonyl (C=O) groups excluding carboxylic acids is 1. The Morgan fingerprint density at radius 2 is 1.45 bits per heavy atom. The molecule has 0 atom stereocenters. The number of carbonyl (C=O) groups is 1. The first-order chi connectivity index (χ1) is 9.86. The molecular formula is C17H12N2O. The van der Waals surface area contributed by atoms with E-state index >= 15 is 0 Å². The zero-order valence-electron chi connectivity index (χ0n) is 10.7. The largest absolute Gasteiger partial charge is 0.289 e. The normalized spacial score (nSPS) is 13.9. The highest BCUT2D eigenvalue weighted by atomic mass is 16.1. The molecule has 96 valence electrons. The molecule has 4 rings (SSSR count). The minimum atomic E-state index is 0.0441. The van der Waals surface area contributed by atoms with Crippen molar-refractivity contribution in [3.8, 4) is 0 Å². The Morgan fingerprint density at radius 1 is 0.850 bits per heavy atom. The number of rotatable bonds is 1. The molecule has 0 spiro atoms. The van der Waals surface area contributed by atoms with E-state index in [1.54, 1.807) is 6.20 Å². The lowest BCUT2D eigenvalue weighted by molar-refractivity contribution is 0.103. The lowest BCUT2D eigenvalue weighted by Gasteiger charge is -2.26. The summed E-state index contributed by atoms with van der Waals surface area (Å²) in [7, 11) is 0. The van der Waals surface area contributed by atoms with Crippen LogP contribution < -0.4 is 0 Å². The molecule has 1 N–H and O–H groups in total. The monoisotopic (exact) mass is 260 g/mol. The summed E-state index contributed by atoms with van der Waals surface area (Å²) in [5.74, 6) is 0.148. The molecule has 3 heteroatoms. The second-order valence-corrected chi connectivity index (χ2v) is 4.95. The molecule has 0 fully saturated rings. The van der Waals surface area contributed by atoms with Crippen molar-refractivity contribution in [2.75, 3.05) is 0 Å². The lowest BCUT2D eigenvalue weighted by atomic mass is 9.76. The van der Waals surface area contributed by atoms with Crippen LogP contribution in [0.25, 0.3) is 0 Å². The highest BCUT2D eigenvalue weighted by Gasteiger charge is 2.31. The van der Waals surface area contributed by atoms with Crippen LogP contribution in [0.4, 0.5) is 0 Å². The fraction of sp³-hybridized carbons (Fsp3) is 0.0588. The molecule has 1 aromatic heterocycles. The summed E-state index contributed by atoms with van der Waals surface area (Å²) in [5.41, 5.74) is 4.66. The Balaban J connectivity index is 2.04. The number of nitrogens with one attached hydrogen (secondary N) is 1. The van der Waals surface area contributed by atoms with E-state index in [4.69, 9.17) is 0 Å². The van der Waals surface area contributed by atoms with Gasteiger partial charge in [-0.15, -0.1) is 0 Å². The summed E-state index contributed by atoms with van der Waals surface area (Å²) in [6.07, 6.45) is 1.75. The van der Waals surface area contributed by atoms with Crippen molar-refractivity contribution in [3.05, 3.63) is 88.7 Å². The quantitative estimate of drug-likeness (QED) is 0.571. The van der Waals surface area contributed by atoms with E-state index in [1.807, 2.05) is 54.6 Å². The van der Waals surface area contributed by atoms with E-state index < -0.39 is 0 Å². The maximum absolute atomic E-state index is 12.6. The third-order valence-electron chi connectivity index (χ3n) is 3.87. The van der Waals surface area contributed by atoms with E-state index in [2.05, 4.69) is 10.2 Å². The van der Waals surface area contributed by atoms with E-state index in [-0.39, 0.29) is 11.7 Å². The Bertz CT molecular complexity index is 741. The van der Waals surface area contributed by atoms with Crippen LogP contribution in [0.5, 0.6) is 0 Å². The Labute approximate surface area is 116 Å². The molecule has 0 saturated heterocycles. The van der Waals surface area contributed by atoms with Crippen molar-refractivity contribution >= 4 is 5.78 Å². The van der Waals surface area contributed by atoms with Crippen molar-refractivity contribution < 1.29 is 4.79 Å². The van der Waals surface area contributed by atoms with Gasteiger partial charge < -0.3 is 0 Å². The fourth-order valence-electron chi connectivity index (χ4n) is 2.99. The number of benzene rings is 2. The number of ketones is 1. The zero-order valence-corrected chi connectivity index (χ0v) is 10.7. The zero-order chi connectivity index (χ0) is 13.5. The van der Waals surface area contributed by atoms with Crippen molar-refractivity contribution in [2.24, 2.45) is 0 Å². The van der Waals surface area contributed by atoms with Gasteiger partial charge in [0.25, 0.3) is 0 Å². The van der Waals surface area contributed by atoms with Gasteiger partial charge in [-0.3, -0.25) is 9.89 Å². The summed E-state index contributed by atoms with van der Waals surface area (Å²) in [6, 6.07) is 17.6. The Kier molecular flexibility index (Phi) is 2.33. The first kappa shape index (κ1) is 11.2. The summed E-state index contributed by atoms with van der Waals surface area (Å²) in [5, 5.41) is 7.09. The molecule has 20 heavy (non-hydrogen) atoms. The summed E-state index contributed by atoms with van der Waals surface area (Å²) < 4.78 is 0. The van der Waals surface area contributed by atoms with Crippen molar-refractivity contribution in [1.82, 2.24) is 10.2 Å². The molecule has 1 aliphatic rings. The molecule has 0 saturated carbocycles. The first-order valence-corrected chi connectivity index (χ1v) is 6.58. The topological polar surface area (TPSA) is 45.8 Å². The molecule has 2 aromatic carbocycles. The second-order valence-electron chi connectivity index (χ2n) is 4.95. The van der Waals surface area contributed by atoms with Gasteiger partial charge in [0, 0.05) is 23.0 Å². The highest BCUT2D eigenvalue weighted by Crippen LogP contribution is 2.39. The minimum Gasteiger partial charge on any atom is -0.289 e. The van der Waals surface area contributed by atoms with Crippen LogP contribution in [-0.2, 0) is 0 Å². The molecule has 1 aliphatic carbocycles. The third-order valence-corrected chi connectivity index (χ3v) is 3.87. The molecule has 1 heterocycles. The van der Waals surface area contributed by atoms with Gasteiger partial charge in [0.2, 0.25) is 0 Å². The van der Waals surface area contributed by atoms with Crippen molar-refractivity contribution in [2.45, 2.75) is 5.92 Å². The molecule has 0 bridgehead atoms. The third kappa shape index (κ3) is 1.46. The van der Waals surface area contributed by atoms with Crippen molar-refractivity contribution in [3.63, 3.8) is 0 Å². The standard InChI is InChI=1S/C17H12N2O/c20-17-13-7-3-1-5-11(13)16(15-9-10-18-19-15)12-6-2-4-8-14(12)17/h1-10,16H,(H,18,19). The van der Waals surface area contributed by atoms with Crippen LogP contribution in [0.3, 0.4) is 0 Å². The Hall–Kier alpha value is -2.68. The van der Waals surface area contributed by atoms with E-state index in [1.165, 1.54) is 0 Å². The van der Waals surface area contributed by atoms with Crippen molar-refractivity contribution in [1.29, 1.82) is 0 Å². The van der Waals surface area contributed by atoms with Gasteiger partial charge >= 0.3 is 0 Å². The van der Waals surface area contributed by atoms with E-state index in [9.17, 15) is 4.79 Å². The van der Waals surface area contributed by atoms with Crippen LogP contribution in [0.15, 0.2) is 60.8 Å². The highest BCUT2D eigenvalue weighted by molar-refractivity contribution is 6.13. The van der Waals surface area contributed by atoms with Crippen LogP contribution in [-0.4, -0.2) is 16.0 Å². The van der Waals surface area contributed by atoms with Gasteiger partial charge in [0.05, 0.1) is 5.92 Å². The smallest absolute Gasteiger partial charge is 0.193 e. The maximum Gasteiger partial charge on any atom is 0.193 e. The molecule has 0 radical (unpaired) electrons. The van der Waals surface area contributed by atoms with Gasteiger partial charge in [-0.25, -0.2) is 0 Å². The SMILES string of the molecule is O=C1c2ccccc2C(c2ccn[nH]2)c2ccccc21. The molecule has 3 nitrogen and oxygen atoms in total. The summed E-state index contributed by atoms with van der Waals surface area (Å²) >= 11 is 0. The average molecular weight is 260 g/mol. The van der Waals surface area contributed by atoms with E-state index in [0.717, 1.165) is 27.9 Å². The predicted octanol–water partition coefficient (Wildman–Crippen LogP) is 3.13. The van der Waals surface area contributed by atoms with Crippen LogP contribution >= 0.6 is 0 Å².